The highest BCUT2D eigenvalue weighted by molar-refractivity contribution is 5.89. The molecule has 32 heavy (non-hydrogen) atoms. The van der Waals surface area contributed by atoms with Crippen molar-refractivity contribution in [3.63, 3.8) is 0 Å². The summed E-state index contributed by atoms with van der Waals surface area (Å²) in [5, 5.41) is 3.01. The van der Waals surface area contributed by atoms with Crippen LogP contribution >= 0.6 is 0 Å². The Hall–Kier alpha value is -1.83. The minimum Gasteiger partial charge on any atom is -0.370 e. The number of hydrogen-bond donors (Lipinski definition) is 5. The first kappa shape index (κ1) is 26.4. The van der Waals surface area contributed by atoms with Crippen molar-refractivity contribution in [3.05, 3.63) is 0 Å². The number of aliphatic imine (C=N–C) groups is 1. The number of nitrogens with zero attached hydrogens (tertiary/aromatic N) is 1. The van der Waals surface area contributed by atoms with Gasteiger partial charge in [-0.1, -0.05) is 64.2 Å². The zero-order valence-electron chi connectivity index (χ0n) is 19.8. The van der Waals surface area contributed by atoms with E-state index in [2.05, 4.69) is 10.3 Å². The van der Waals surface area contributed by atoms with E-state index in [0.717, 1.165) is 19.3 Å². The molecule has 2 fully saturated rings. The van der Waals surface area contributed by atoms with Crippen molar-refractivity contribution in [2.45, 2.75) is 102 Å². The number of carbonyl (C=O) groups is 2. The number of hydrogen-bond acceptors (Lipinski definition) is 4. The maximum Gasteiger partial charge on any atom is 0.239 e. The molecule has 0 aromatic heterocycles. The van der Waals surface area contributed by atoms with Crippen LogP contribution in [0.4, 0.5) is 0 Å². The van der Waals surface area contributed by atoms with Crippen LogP contribution in [0.2, 0.25) is 0 Å². The van der Waals surface area contributed by atoms with Gasteiger partial charge in [0.1, 0.15) is 6.04 Å². The van der Waals surface area contributed by atoms with E-state index in [1.54, 1.807) is 0 Å². The quantitative estimate of drug-likeness (QED) is 0.165. The Morgan fingerprint density at radius 3 is 1.84 bits per heavy atom. The van der Waals surface area contributed by atoms with Gasteiger partial charge in [-0.15, -0.1) is 0 Å². The van der Waals surface area contributed by atoms with Crippen molar-refractivity contribution >= 4 is 17.8 Å². The number of guanidine groups is 1. The van der Waals surface area contributed by atoms with Gasteiger partial charge in [0.05, 0.1) is 5.41 Å². The van der Waals surface area contributed by atoms with Gasteiger partial charge in [-0.25, -0.2) is 0 Å². The van der Waals surface area contributed by atoms with Crippen molar-refractivity contribution in [3.8, 4) is 0 Å². The van der Waals surface area contributed by atoms with E-state index < -0.39 is 17.4 Å². The fourth-order valence-electron chi connectivity index (χ4n) is 5.68. The number of primary amides is 1. The molecule has 0 unspecified atom stereocenters. The number of nitrogens with two attached hydrogens (primary N) is 4. The van der Waals surface area contributed by atoms with E-state index in [1.165, 1.54) is 64.2 Å². The molecule has 2 rings (SSSR count). The van der Waals surface area contributed by atoms with Crippen LogP contribution in [-0.2, 0) is 9.59 Å². The Morgan fingerprint density at radius 1 is 0.875 bits per heavy atom. The van der Waals surface area contributed by atoms with Crippen LogP contribution in [0.1, 0.15) is 96.3 Å². The van der Waals surface area contributed by atoms with Crippen molar-refractivity contribution in [2.24, 2.45) is 45.2 Å². The lowest BCUT2D eigenvalue weighted by Crippen LogP contribution is -2.54. The van der Waals surface area contributed by atoms with Crippen LogP contribution < -0.4 is 28.3 Å². The summed E-state index contributed by atoms with van der Waals surface area (Å²) in [4.78, 5) is 29.8. The van der Waals surface area contributed by atoms with Gasteiger partial charge in [-0.2, -0.15) is 0 Å². The number of nitrogens with one attached hydrogen (secondary N) is 1. The second-order valence-corrected chi connectivity index (χ2v) is 10.1. The highest BCUT2D eigenvalue weighted by Gasteiger charge is 2.42. The van der Waals surface area contributed by atoms with E-state index in [-0.39, 0.29) is 11.9 Å². The van der Waals surface area contributed by atoms with Gasteiger partial charge in [0, 0.05) is 13.1 Å². The predicted octanol–water partition coefficient (Wildman–Crippen LogP) is 2.29. The van der Waals surface area contributed by atoms with E-state index in [1.807, 2.05) is 0 Å². The molecule has 184 valence electrons. The second-order valence-electron chi connectivity index (χ2n) is 10.1. The van der Waals surface area contributed by atoms with Crippen LogP contribution in [0.25, 0.3) is 0 Å². The van der Waals surface area contributed by atoms with Gasteiger partial charge in [-0.05, 0) is 43.9 Å². The molecule has 0 aromatic carbocycles. The van der Waals surface area contributed by atoms with Crippen LogP contribution in [0.5, 0.6) is 0 Å². The minimum absolute atomic E-state index is 0.0582. The summed E-state index contributed by atoms with van der Waals surface area (Å²) in [5.74, 6) is 0.551. The summed E-state index contributed by atoms with van der Waals surface area (Å²) < 4.78 is 0. The first-order chi connectivity index (χ1) is 15.4. The van der Waals surface area contributed by atoms with Crippen LogP contribution in [0.3, 0.4) is 0 Å². The third-order valence-corrected chi connectivity index (χ3v) is 7.52. The third-order valence-electron chi connectivity index (χ3n) is 7.52. The molecule has 0 spiro atoms. The second kappa shape index (κ2) is 13.7. The maximum atomic E-state index is 13.7. The topological polar surface area (TPSA) is 163 Å². The van der Waals surface area contributed by atoms with Crippen molar-refractivity contribution in [2.75, 3.05) is 13.1 Å². The van der Waals surface area contributed by atoms with E-state index in [9.17, 15) is 9.59 Å². The lowest BCUT2D eigenvalue weighted by Gasteiger charge is -2.40. The van der Waals surface area contributed by atoms with Gasteiger partial charge in [-0.3, -0.25) is 14.6 Å². The highest BCUT2D eigenvalue weighted by atomic mass is 16.2. The fraction of sp³-hybridized carbons (Fsp3) is 0.875. The zero-order valence-corrected chi connectivity index (χ0v) is 19.8. The van der Waals surface area contributed by atoms with Gasteiger partial charge in [0.25, 0.3) is 0 Å². The minimum atomic E-state index is -0.690. The summed E-state index contributed by atoms with van der Waals surface area (Å²) in [5.41, 5.74) is 22.1. The summed E-state index contributed by atoms with van der Waals surface area (Å²) in [7, 11) is 0. The Kier molecular flexibility index (Phi) is 11.3. The summed E-state index contributed by atoms with van der Waals surface area (Å²) in [6.07, 6.45) is 15.7. The van der Waals surface area contributed by atoms with Crippen molar-refractivity contribution < 1.29 is 9.59 Å². The van der Waals surface area contributed by atoms with Gasteiger partial charge in [0.15, 0.2) is 5.96 Å². The summed E-state index contributed by atoms with van der Waals surface area (Å²) >= 11 is 0. The number of rotatable bonds is 13. The van der Waals surface area contributed by atoms with Crippen molar-refractivity contribution in [1.82, 2.24) is 5.32 Å². The van der Waals surface area contributed by atoms with Gasteiger partial charge in [0.2, 0.25) is 11.8 Å². The number of unbranched alkanes of at least 4 members (excludes halogenated alkanes) is 1. The number of amides is 2. The number of carbonyl (C=O) groups excluding carboxylic acids is 2. The molecule has 0 aliphatic heterocycles. The lowest BCUT2D eigenvalue weighted by atomic mass is 9.67. The van der Waals surface area contributed by atoms with Crippen molar-refractivity contribution in [1.29, 1.82) is 0 Å². The summed E-state index contributed by atoms with van der Waals surface area (Å²) in [6, 6.07) is -0.690. The lowest BCUT2D eigenvalue weighted by molar-refractivity contribution is -0.136. The molecule has 2 aliphatic rings. The molecule has 0 saturated heterocycles. The predicted molar refractivity (Wildman–Crippen MR) is 130 cm³/mol. The first-order valence-corrected chi connectivity index (χ1v) is 12.7. The average Bonchev–Trinajstić information content (AvgIpc) is 2.78. The van der Waals surface area contributed by atoms with E-state index in [0.29, 0.717) is 37.8 Å². The highest BCUT2D eigenvalue weighted by Crippen LogP contribution is 2.42. The van der Waals surface area contributed by atoms with Crippen LogP contribution in [0, 0.1) is 17.3 Å². The zero-order chi connectivity index (χ0) is 23.4. The fourth-order valence-corrected chi connectivity index (χ4v) is 5.68. The molecular weight excluding hydrogens is 404 g/mol. The molecule has 1 atom stereocenters. The molecule has 2 saturated carbocycles. The molecular formula is C24H46N6O2. The Morgan fingerprint density at radius 2 is 1.41 bits per heavy atom. The molecule has 8 heteroatoms. The molecule has 8 nitrogen and oxygen atoms in total. The Labute approximate surface area is 193 Å². The van der Waals surface area contributed by atoms with Gasteiger partial charge >= 0.3 is 0 Å². The van der Waals surface area contributed by atoms with E-state index >= 15 is 0 Å². The maximum absolute atomic E-state index is 13.7. The SMILES string of the molecule is NCC(CC1CCCCC1)(CC1CCCCC1)C(=O)N[C@@H](CCCCN=C(N)N)C(N)=O. The Bertz CT molecular complexity index is 588. The molecule has 0 aromatic rings. The molecule has 0 radical (unpaired) electrons. The van der Waals surface area contributed by atoms with Gasteiger partial charge < -0.3 is 28.3 Å². The monoisotopic (exact) mass is 450 g/mol. The molecule has 2 amide bonds. The van der Waals surface area contributed by atoms with E-state index in [4.69, 9.17) is 22.9 Å². The smallest absolute Gasteiger partial charge is 0.239 e. The van der Waals surface area contributed by atoms with Crippen LogP contribution in [0.15, 0.2) is 4.99 Å². The first-order valence-electron chi connectivity index (χ1n) is 12.7. The molecule has 0 heterocycles. The Balaban J connectivity index is 2.07. The average molecular weight is 451 g/mol. The third kappa shape index (κ3) is 8.60. The largest absolute Gasteiger partial charge is 0.370 e. The summed E-state index contributed by atoms with van der Waals surface area (Å²) in [6.45, 7) is 0.819. The normalized spacial score (nSPS) is 19.3. The standard InChI is InChI=1S/C24H46N6O2/c25-17-24(15-18-9-3-1-4-10-18,16-19-11-5-2-6-12-19)22(32)30-20(21(26)31)13-7-8-14-29-23(27)28/h18-20H,1-17,25H2,(H2,26,31)(H,30,32)(H4,27,28,29)/t20-/m0/s1. The molecule has 2 aliphatic carbocycles. The molecule has 0 bridgehead atoms. The van der Waals surface area contributed by atoms with Crippen LogP contribution in [-0.4, -0.2) is 36.9 Å². The molecule has 9 N–H and O–H groups in total.